The largest absolute Gasteiger partial charge is 0.491 e. The van der Waals surface area contributed by atoms with Gasteiger partial charge in [0.25, 0.3) is 0 Å². The molecule has 4 heteroatoms. The lowest BCUT2D eigenvalue weighted by Crippen LogP contribution is -2.35. The molecule has 2 aliphatic rings. The van der Waals surface area contributed by atoms with E-state index in [0.717, 1.165) is 37.0 Å². The monoisotopic (exact) mass is 310 g/mol. The third kappa shape index (κ3) is 3.10. The fourth-order valence-corrected chi connectivity index (χ4v) is 3.44. The molecular weight excluding hydrogens is 288 g/mol. The number of carbonyl (C=O) groups excluding carboxylic acids is 1. The van der Waals surface area contributed by atoms with Crippen LogP contribution in [0.5, 0.6) is 0 Å². The van der Waals surface area contributed by atoms with Gasteiger partial charge in [-0.3, -0.25) is 4.79 Å². The van der Waals surface area contributed by atoms with Crippen molar-refractivity contribution >= 4 is 5.91 Å². The van der Waals surface area contributed by atoms with Crippen LogP contribution in [0.4, 0.5) is 0 Å². The zero-order valence-electron chi connectivity index (χ0n) is 13.5. The molecule has 0 unspecified atom stereocenters. The summed E-state index contributed by atoms with van der Waals surface area (Å²) in [5, 5.41) is 9.58. The van der Waals surface area contributed by atoms with Gasteiger partial charge in [-0.2, -0.15) is 5.26 Å². The molecule has 2 heterocycles. The van der Waals surface area contributed by atoms with E-state index in [-0.39, 0.29) is 18.1 Å². The maximum absolute atomic E-state index is 12.3. The molecule has 1 aromatic carbocycles. The summed E-state index contributed by atoms with van der Waals surface area (Å²) >= 11 is 0. The molecule has 0 aromatic heterocycles. The van der Waals surface area contributed by atoms with Crippen LogP contribution in [-0.4, -0.2) is 23.0 Å². The van der Waals surface area contributed by atoms with E-state index >= 15 is 0 Å². The first kappa shape index (κ1) is 15.6. The number of fused-ring (bicyclic) bond motifs is 1. The van der Waals surface area contributed by atoms with Crippen molar-refractivity contribution in [1.29, 1.82) is 5.26 Å². The lowest BCUT2D eigenvalue weighted by atomic mass is 10.0. The standard InChI is InChI=1S/C19H22N2O2/c1-2-3-5-10-16-15(12-20)19-17(23-16)11-18(22)21(19)13-14-8-6-4-7-9-14/h4,6-9,17,19H,2-3,5,10-11,13H2,1H3/t17-,19-/m0/s1. The summed E-state index contributed by atoms with van der Waals surface area (Å²) in [6.45, 7) is 2.70. The minimum absolute atomic E-state index is 0.0733. The highest BCUT2D eigenvalue weighted by atomic mass is 16.5. The van der Waals surface area contributed by atoms with E-state index < -0.39 is 0 Å². The Morgan fingerprint density at radius 3 is 2.78 bits per heavy atom. The van der Waals surface area contributed by atoms with Gasteiger partial charge in [0, 0.05) is 13.0 Å². The Labute approximate surface area is 137 Å². The molecule has 1 saturated heterocycles. The number of carbonyl (C=O) groups is 1. The number of ether oxygens (including phenoxy) is 1. The Hall–Kier alpha value is -2.28. The molecule has 0 aliphatic carbocycles. The Morgan fingerprint density at radius 2 is 2.09 bits per heavy atom. The highest BCUT2D eigenvalue weighted by Crippen LogP contribution is 2.39. The lowest BCUT2D eigenvalue weighted by Gasteiger charge is -2.23. The molecule has 2 aliphatic heterocycles. The van der Waals surface area contributed by atoms with Gasteiger partial charge >= 0.3 is 0 Å². The van der Waals surface area contributed by atoms with Gasteiger partial charge < -0.3 is 9.64 Å². The minimum Gasteiger partial charge on any atom is -0.491 e. The summed E-state index contributed by atoms with van der Waals surface area (Å²) in [5.41, 5.74) is 1.74. The van der Waals surface area contributed by atoms with Crippen LogP contribution in [0.2, 0.25) is 0 Å². The molecule has 0 radical (unpaired) electrons. The van der Waals surface area contributed by atoms with Crippen LogP contribution in [0.25, 0.3) is 0 Å². The molecule has 0 bridgehead atoms. The van der Waals surface area contributed by atoms with Crippen molar-refractivity contribution < 1.29 is 9.53 Å². The fourth-order valence-electron chi connectivity index (χ4n) is 3.44. The summed E-state index contributed by atoms with van der Waals surface area (Å²) in [5.74, 6) is 0.880. The van der Waals surface area contributed by atoms with Crippen LogP contribution in [0, 0.1) is 11.3 Å². The van der Waals surface area contributed by atoms with Gasteiger partial charge in [-0.15, -0.1) is 0 Å². The van der Waals surface area contributed by atoms with E-state index in [1.165, 1.54) is 0 Å². The predicted octanol–water partition coefficient (Wildman–Crippen LogP) is 3.54. The molecule has 2 atom stereocenters. The Balaban J connectivity index is 1.79. The van der Waals surface area contributed by atoms with Gasteiger partial charge in [0.05, 0.1) is 12.0 Å². The van der Waals surface area contributed by atoms with E-state index in [1.54, 1.807) is 0 Å². The number of unbranched alkanes of at least 4 members (excludes halogenated alkanes) is 2. The maximum atomic E-state index is 12.3. The smallest absolute Gasteiger partial charge is 0.227 e. The first-order chi connectivity index (χ1) is 11.2. The molecular formula is C19H22N2O2. The summed E-state index contributed by atoms with van der Waals surface area (Å²) in [6.07, 6.45) is 4.30. The van der Waals surface area contributed by atoms with Crippen LogP contribution in [0.1, 0.15) is 44.6 Å². The van der Waals surface area contributed by atoms with E-state index in [2.05, 4.69) is 13.0 Å². The van der Waals surface area contributed by atoms with Gasteiger partial charge in [-0.25, -0.2) is 0 Å². The highest BCUT2D eigenvalue weighted by molar-refractivity contribution is 5.81. The van der Waals surface area contributed by atoms with Gasteiger partial charge in [0.2, 0.25) is 5.91 Å². The van der Waals surface area contributed by atoms with Crippen LogP contribution >= 0.6 is 0 Å². The van der Waals surface area contributed by atoms with Crippen molar-refractivity contribution in [2.75, 3.05) is 0 Å². The van der Waals surface area contributed by atoms with Crippen molar-refractivity contribution in [2.24, 2.45) is 0 Å². The third-order valence-corrected chi connectivity index (χ3v) is 4.60. The molecule has 1 amide bonds. The number of likely N-dealkylation sites (tertiary alicyclic amines) is 1. The number of nitrogens with zero attached hydrogens (tertiary/aromatic N) is 2. The van der Waals surface area contributed by atoms with Crippen molar-refractivity contribution in [3.8, 4) is 6.07 Å². The van der Waals surface area contributed by atoms with Gasteiger partial charge in [-0.1, -0.05) is 50.1 Å². The Morgan fingerprint density at radius 1 is 1.30 bits per heavy atom. The maximum Gasteiger partial charge on any atom is 0.227 e. The number of amides is 1. The quantitative estimate of drug-likeness (QED) is 0.755. The summed E-state index contributed by atoms with van der Waals surface area (Å²) in [4.78, 5) is 14.1. The molecule has 1 aromatic rings. The third-order valence-electron chi connectivity index (χ3n) is 4.60. The first-order valence-corrected chi connectivity index (χ1v) is 8.37. The van der Waals surface area contributed by atoms with Crippen LogP contribution < -0.4 is 0 Å². The molecule has 3 rings (SSSR count). The zero-order valence-corrected chi connectivity index (χ0v) is 13.5. The van der Waals surface area contributed by atoms with Crippen molar-refractivity contribution in [3.05, 3.63) is 47.2 Å². The van der Waals surface area contributed by atoms with Crippen LogP contribution in [-0.2, 0) is 16.1 Å². The van der Waals surface area contributed by atoms with E-state index in [4.69, 9.17) is 4.74 Å². The number of hydrogen-bond donors (Lipinski definition) is 0. The topological polar surface area (TPSA) is 53.3 Å². The van der Waals surface area contributed by atoms with Crippen LogP contribution in [0.3, 0.4) is 0 Å². The second-order valence-corrected chi connectivity index (χ2v) is 6.22. The van der Waals surface area contributed by atoms with Crippen molar-refractivity contribution in [1.82, 2.24) is 4.90 Å². The first-order valence-electron chi connectivity index (χ1n) is 8.37. The van der Waals surface area contributed by atoms with Gasteiger partial charge in [0.1, 0.15) is 24.0 Å². The number of nitriles is 1. The average molecular weight is 310 g/mol. The van der Waals surface area contributed by atoms with Gasteiger partial charge in [-0.05, 0) is 12.0 Å². The Bertz CT molecular complexity index is 645. The van der Waals surface area contributed by atoms with Crippen LogP contribution in [0.15, 0.2) is 41.7 Å². The number of rotatable bonds is 6. The predicted molar refractivity (Wildman–Crippen MR) is 87.1 cm³/mol. The molecule has 4 nitrogen and oxygen atoms in total. The summed E-state index contributed by atoms with van der Waals surface area (Å²) < 4.78 is 5.97. The summed E-state index contributed by atoms with van der Waals surface area (Å²) in [6, 6.07) is 12.0. The van der Waals surface area contributed by atoms with Crippen molar-refractivity contribution in [3.63, 3.8) is 0 Å². The average Bonchev–Trinajstić information content (AvgIpc) is 3.04. The fraction of sp³-hybridized carbons (Fsp3) is 0.474. The molecule has 23 heavy (non-hydrogen) atoms. The molecule has 120 valence electrons. The minimum atomic E-state index is -0.204. The number of allylic oxidation sites excluding steroid dienone is 1. The molecule has 0 N–H and O–H groups in total. The molecule has 1 fully saturated rings. The van der Waals surface area contributed by atoms with E-state index in [1.807, 2.05) is 35.2 Å². The number of hydrogen-bond acceptors (Lipinski definition) is 3. The zero-order chi connectivity index (χ0) is 16.2. The van der Waals surface area contributed by atoms with Crippen molar-refractivity contribution in [2.45, 2.75) is 57.7 Å². The Kier molecular flexibility index (Phi) is 4.66. The SMILES string of the molecule is CCCCCC1=C(C#N)[C@H]2[C@H](CC(=O)N2Cc2ccccc2)O1. The van der Waals surface area contributed by atoms with E-state index in [9.17, 15) is 10.1 Å². The molecule has 0 saturated carbocycles. The second kappa shape index (κ2) is 6.87. The van der Waals surface area contributed by atoms with Gasteiger partial charge in [0.15, 0.2) is 0 Å². The normalized spacial score (nSPS) is 23.0. The lowest BCUT2D eigenvalue weighted by molar-refractivity contribution is -0.129. The number of benzene rings is 1. The molecule has 0 spiro atoms. The summed E-state index contributed by atoms with van der Waals surface area (Å²) in [7, 11) is 0. The second-order valence-electron chi connectivity index (χ2n) is 6.22. The van der Waals surface area contributed by atoms with E-state index in [0.29, 0.717) is 18.5 Å². The highest BCUT2D eigenvalue weighted by Gasteiger charge is 2.48.